The van der Waals surface area contributed by atoms with Crippen LogP contribution in [0.3, 0.4) is 0 Å². The van der Waals surface area contributed by atoms with Gasteiger partial charge in [-0.2, -0.15) is 0 Å². The summed E-state index contributed by atoms with van der Waals surface area (Å²) in [5.74, 6) is 0. The highest BCUT2D eigenvalue weighted by Crippen LogP contribution is 2.32. The van der Waals surface area contributed by atoms with Gasteiger partial charge in [0.05, 0.1) is 12.7 Å². The molecule has 1 fully saturated rings. The Bertz CT molecular complexity index is 451. The van der Waals surface area contributed by atoms with Crippen molar-refractivity contribution in [2.45, 2.75) is 25.5 Å². The van der Waals surface area contributed by atoms with E-state index in [-0.39, 0.29) is 6.04 Å². The van der Waals surface area contributed by atoms with Gasteiger partial charge in [-0.1, -0.05) is 25.1 Å². The lowest BCUT2D eigenvalue weighted by atomic mass is 9.97. The van der Waals surface area contributed by atoms with Gasteiger partial charge in [-0.25, -0.2) is 0 Å². The van der Waals surface area contributed by atoms with Crippen molar-refractivity contribution in [3.63, 3.8) is 0 Å². The van der Waals surface area contributed by atoms with Gasteiger partial charge in [0.15, 0.2) is 0 Å². The minimum Gasteiger partial charge on any atom is -0.374 e. The Labute approximate surface area is 121 Å². The fourth-order valence-electron chi connectivity index (χ4n) is 3.27. The number of morpholine rings is 1. The fourth-order valence-corrected chi connectivity index (χ4v) is 3.27. The van der Waals surface area contributed by atoms with Gasteiger partial charge in [0.2, 0.25) is 0 Å². The number of benzene rings is 1. The highest BCUT2D eigenvalue weighted by Gasteiger charge is 2.26. The first-order valence-electron chi connectivity index (χ1n) is 7.71. The smallest absolute Gasteiger partial charge is 0.0877 e. The van der Waals surface area contributed by atoms with Gasteiger partial charge in [-0.15, -0.1) is 0 Å². The minimum absolute atomic E-state index is 0.182. The second-order valence-electron chi connectivity index (χ2n) is 5.79. The van der Waals surface area contributed by atoms with E-state index in [4.69, 9.17) is 10.5 Å². The quantitative estimate of drug-likeness (QED) is 0.910. The molecule has 0 spiro atoms. The van der Waals surface area contributed by atoms with Crippen LogP contribution >= 0.6 is 0 Å². The van der Waals surface area contributed by atoms with Crippen LogP contribution in [0.2, 0.25) is 0 Å². The topological polar surface area (TPSA) is 41.7 Å². The van der Waals surface area contributed by atoms with Crippen molar-refractivity contribution in [2.75, 3.05) is 44.2 Å². The van der Waals surface area contributed by atoms with Crippen molar-refractivity contribution < 1.29 is 4.74 Å². The Kier molecular flexibility index (Phi) is 4.24. The van der Waals surface area contributed by atoms with E-state index in [1.165, 1.54) is 11.3 Å². The van der Waals surface area contributed by atoms with E-state index in [1.807, 2.05) is 0 Å². The molecule has 0 aliphatic carbocycles. The maximum atomic E-state index is 6.22. The van der Waals surface area contributed by atoms with Crippen molar-refractivity contribution >= 4 is 5.69 Å². The van der Waals surface area contributed by atoms with Crippen molar-refractivity contribution in [2.24, 2.45) is 5.73 Å². The van der Waals surface area contributed by atoms with Crippen LogP contribution in [0.15, 0.2) is 24.3 Å². The standard InChI is InChI=1S/C16H25N3O/c1-2-18-9-10-20-13(11-18)12-19-8-7-15(17)14-5-3-4-6-16(14)19/h3-6,13,15H,2,7-12,17H2,1H3. The molecule has 1 aromatic rings. The molecule has 2 N–H and O–H groups in total. The molecule has 4 heteroatoms. The first-order chi connectivity index (χ1) is 9.78. The van der Waals surface area contributed by atoms with E-state index < -0.39 is 0 Å². The zero-order valence-corrected chi connectivity index (χ0v) is 12.3. The van der Waals surface area contributed by atoms with Crippen molar-refractivity contribution in [3.8, 4) is 0 Å². The summed E-state index contributed by atoms with van der Waals surface area (Å²) in [6, 6.07) is 8.71. The van der Waals surface area contributed by atoms with Crippen LogP contribution in [0, 0.1) is 0 Å². The highest BCUT2D eigenvalue weighted by atomic mass is 16.5. The normalized spacial score (nSPS) is 27.4. The maximum absolute atomic E-state index is 6.22. The number of hydrogen-bond donors (Lipinski definition) is 1. The van der Waals surface area contributed by atoms with Gasteiger partial charge in [0.25, 0.3) is 0 Å². The third-order valence-corrected chi connectivity index (χ3v) is 4.48. The summed E-state index contributed by atoms with van der Waals surface area (Å²) < 4.78 is 5.94. The van der Waals surface area contributed by atoms with Crippen LogP contribution < -0.4 is 10.6 Å². The van der Waals surface area contributed by atoms with E-state index in [9.17, 15) is 0 Å². The number of rotatable bonds is 3. The molecule has 20 heavy (non-hydrogen) atoms. The average molecular weight is 275 g/mol. The molecule has 0 radical (unpaired) electrons. The number of anilines is 1. The van der Waals surface area contributed by atoms with Crippen LogP contribution in [-0.2, 0) is 4.74 Å². The van der Waals surface area contributed by atoms with Gasteiger partial charge < -0.3 is 15.4 Å². The lowest BCUT2D eigenvalue weighted by Crippen LogP contribution is -2.48. The number of nitrogens with two attached hydrogens (primary N) is 1. The molecule has 1 aromatic carbocycles. The monoisotopic (exact) mass is 275 g/mol. The van der Waals surface area contributed by atoms with Gasteiger partial charge in [0.1, 0.15) is 0 Å². The number of ether oxygens (including phenoxy) is 1. The molecule has 0 amide bonds. The predicted octanol–water partition coefficient (Wildman–Crippen LogP) is 1.62. The number of hydrogen-bond acceptors (Lipinski definition) is 4. The van der Waals surface area contributed by atoms with Crippen molar-refractivity contribution in [1.29, 1.82) is 0 Å². The molecule has 2 unspecified atom stereocenters. The first kappa shape index (κ1) is 13.9. The summed E-state index contributed by atoms with van der Waals surface area (Å²) >= 11 is 0. The molecule has 0 saturated carbocycles. The van der Waals surface area contributed by atoms with Gasteiger partial charge in [0, 0.05) is 37.9 Å². The van der Waals surface area contributed by atoms with Crippen LogP contribution in [0.25, 0.3) is 0 Å². The SMILES string of the molecule is CCN1CCOC(CN2CCC(N)c3ccccc32)C1. The van der Waals surface area contributed by atoms with Gasteiger partial charge in [-0.3, -0.25) is 4.90 Å². The zero-order chi connectivity index (χ0) is 13.9. The average Bonchev–Trinajstić information content (AvgIpc) is 2.51. The molecule has 2 atom stereocenters. The number of fused-ring (bicyclic) bond motifs is 1. The maximum Gasteiger partial charge on any atom is 0.0877 e. The lowest BCUT2D eigenvalue weighted by molar-refractivity contribution is -0.0222. The van der Waals surface area contributed by atoms with Crippen LogP contribution in [0.1, 0.15) is 24.9 Å². The summed E-state index contributed by atoms with van der Waals surface area (Å²) in [4.78, 5) is 4.91. The second-order valence-corrected chi connectivity index (χ2v) is 5.79. The number of para-hydroxylation sites is 1. The minimum atomic E-state index is 0.182. The fraction of sp³-hybridized carbons (Fsp3) is 0.625. The molecule has 110 valence electrons. The Morgan fingerprint density at radius 2 is 2.15 bits per heavy atom. The van der Waals surface area contributed by atoms with E-state index in [2.05, 4.69) is 41.0 Å². The summed E-state index contributed by atoms with van der Waals surface area (Å²) in [6.45, 7) is 8.30. The molecule has 2 heterocycles. The number of likely N-dealkylation sites (N-methyl/N-ethyl adjacent to an activating group) is 1. The van der Waals surface area contributed by atoms with E-state index in [0.717, 1.165) is 45.8 Å². The Morgan fingerprint density at radius 1 is 1.30 bits per heavy atom. The van der Waals surface area contributed by atoms with Crippen LogP contribution in [0.4, 0.5) is 5.69 Å². The second kappa shape index (κ2) is 6.12. The number of nitrogens with zero attached hydrogens (tertiary/aromatic N) is 2. The Morgan fingerprint density at radius 3 is 3.00 bits per heavy atom. The van der Waals surface area contributed by atoms with Gasteiger partial charge >= 0.3 is 0 Å². The zero-order valence-electron chi connectivity index (χ0n) is 12.3. The highest BCUT2D eigenvalue weighted by molar-refractivity contribution is 5.57. The summed E-state index contributed by atoms with van der Waals surface area (Å²) in [6.07, 6.45) is 1.34. The van der Waals surface area contributed by atoms with E-state index >= 15 is 0 Å². The first-order valence-corrected chi connectivity index (χ1v) is 7.71. The summed E-state index contributed by atoms with van der Waals surface area (Å²) in [7, 11) is 0. The molecular weight excluding hydrogens is 250 g/mol. The molecule has 4 nitrogen and oxygen atoms in total. The third kappa shape index (κ3) is 2.82. The molecular formula is C16H25N3O. The molecule has 0 aromatic heterocycles. The predicted molar refractivity (Wildman–Crippen MR) is 82.1 cm³/mol. The summed E-state index contributed by atoms with van der Waals surface area (Å²) in [5, 5.41) is 0. The largest absolute Gasteiger partial charge is 0.374 e. The van der Waals surface area contributed by atoms with Crippen LogP contribution in [0.5, 0.6) is 0 Å². The molecule has 2 aliphatic rings. The van der Waals surface area contributed by atoms with Crippen molar-refractivity contribution in [3.05, 3.63) is 29.8 Å². The lowest BCUT2D eigenvalue weighted by Gasteiger charge is -2.39. The molecule has 3 rings (SSSR count). The van der Waals surface area contributed by atoms with E-state index in [0.29, 0.717) is 6.10 Å². The molecule has 2 aliphatic heterocycles. The Hall–Kier alpha value is -1.10. The summed E-state index contributed by atoms with van der Waals surface area (Å²) in [5.41, 5.74) is 8.79. The molecule has 0 bridgehead atoms. The van der Waals surface area contributed by atoms with E-state index in [1.54, 1.807) is 0 Å². The van der Waals surface area contributed by atoms with Crippen molar-refractivity contribution in [1.82, 2.24) is 4.90 Å². The van der Waals surface area contributed by atoms with Gasteiger partial charge in [-0.05, 0) is 24.6 Å². The third-order valence-electron chi connectivity index (χ3n) is 4.48. The van der Waals surface area contributed by atoms with Crippen LogP contribution in [-0.4, -0.2) is 50.3 Å². The molecule has 1 saturated heterocycles. The Balaban J connectivity index is 1.70.